The second kappa shape index (κ2) is 14.2. The molecule has 0 N–H and O–H groups in total. The average Bonchev–Trinajstić information content (AvgIpc) is 2.72. The number of benzene rings is 2. The van der Waals surface area contributed by atoms with Crippen LogP contribution in [0.2, 0.25) is 0 Å². The third-order valence-corrected chi connectivity index (χ3v) is 13.1. The third kappa shape index (κ3) is 9.28. The second-order valence-electron chi connectivity index (χ2n) is 6.83. The Morgan fingerprint density at radius 3 is 1.39 bits per heavy atom. The molecule has 1 aliphatic heterocycles. The fraction of sp³-hybridized carbons (Fsp3) is 0.455. The SMILES string of the molecule is c1ccc([Se]SCCN2CCCN(CCS[Se]c3ccccc3)CCC2)cc1. The first-order valence-corrected chi connectivity index (χ1v) is 17.8. The molecule has 1 saturated heterocycles. The van der Waals surface area contributed by atoms with Crippen LogP contribution in [-0.4, -0.2) is 88.2 Å². The first kappa shape index (κ1) is 22.8. The van der Waals surface area contributed by atoms with Crippen molar-refractivity contribution in [3.8, 4) is 0 Å². The van der Waals surface area contributed by atoms with Crippen LogP contribution in [0.1, 0.15) is 12.8 Å². The van der Waals surface area contributed by atoms with E-state index in [2.05, 4.69) is 90.8 Å². The predicted octanol–water partition coefficient (Wildman–Crippen LogP) is 2.74. The monoisotopic (exact) mass is 546 g/mol. The van der Waals surface area contributed by atoms with Gasteiger partial charge in [0.25, 0.3) is 0 Å². The molecular weight excluding hydrogens is 514 g/mol. The minimum absolute atomic E-state index is 0.569. The van der Waals surface area contributed by atoms with Crippen molar-refractivity contribution in [2.75, 3.05) is 50.8 Å². The van der Waals surface area contributed by atoms with Gasteiger partial charge in [0.2, 0.25) is 0 Å². The number of hydrogen-bond donors (Lipinski definition) is 0. The van der Waals surface area contributed by atoms with E-state index in [-0.39, 0.29) is 0 Å². The summed E-state index contributed by atoms with van der Waals surface area (Å²) >= 11 is 1.14. The van der Waals surface area contributed by atoms with E-state index in [1.54, 1.807) is 0 Å². The van der Waals surface area contributed by atoms with Crippen molar-refractivity contribution < 1.29 is 0 Å². The number of nitrogens with zero attached hydrogens (tertiary/aromatic N) is 2. The molecule has 1 aliphatic rings. The van der Waals surface area contributed by atoms with Crippen molar-refractivity contribution in [2.24, 2.45) is 0 Å². The number of rotatable bonds is 10. The van der Waals surface area contributed by atoms with Crippen LogP contribution in [0.25, 0.3) is 0 Å². The molecule has 0 saturated carbocycles. The van der Waals surface area contributed by atoms with E-state index in [4.69, 9.17) is 0 Å². The quantitative estimate of drug-likeness (QED) is 0.335. The van der Waals surface area contributed by atoms with Gasteiger partial charge in [-0.3, -0.25) is 0 Å². The molecule has 0 bridgehead atoms. The van der Waals surface area contributed by atoms with Gasteiger partial charge in [0.15, 0.2) is 0 Å². The molecular formula is C22H30N2S2Se2. The van der Waals surface area contributed by atoms with Crippen LogP contribution in [0.5, 0.6) is 0 Å². The maximum atomic E-state index is 2.69. The Morgan fingerprint density at radius 1 is 0.607 bits per heavy atom. The Hall–Kier alpha value is 0.0990. The van der Waals surface area contributed by atoms with Crippen LogP contribution >= 0.6 is 20.4 Å². The van der Waals surface area contributed by atoms with Gasteiger partial charge < -0.3 is 0 Å². The van der Waals surface area contributed by atoms with E-state index in [0.29, 0.717) is 27.7 Å². The molecule has 1 fully saturated rings. The van der Waals surface area contributed by atoms with Crippen molar-refractivity contribution in [3.63, 3.8) is 0 Å². The summed E-state index contributed by atoms with van der Waals surface area (Å²) in [6.45, 7) is 7.61. The molecule has 152 valence electrons. The van der Waals surface area contributed by atoms with Crippen molar-refractivity contribution in [1.29, 1.82) is 0 Å². The molecule has 0 unspecified atom stereocenters. The fourth-order valence-corrected chi connectivity index (χ4v) is 10.3. The predicted molar refractivity (Wildman–Crippen MR) is 131 cm³/mol. The molecule has 2 nitrogen and oxygen atoms in total. The van der Waals surface area contributed by atoms with Crippen LogP contribution in [0, 0.1) is 0 Å². The Morgan fingerprint density at radius 2 is 1.00 bits per heavy atom. The zero-order valence-corrected chi connectivity index (χ0v) is 21.4. The van der Waals surface area contributed by atoms with E-state index in [0.717, 1.165) is 0 Å². The topological polar surface area (TPSA) is 6.48 Å². The van der Waals surface area contributed by atoms with Crippen molar-refractivity contribution in [2.45, 2.75) is 12.8 Å². The van der Waals surface area contributed by atoms with E-state index >= 15 is 0 Å². The van der Waals surface area contributed by atoms with Gasteiger partial charge in [-0.1, -0.05) is 0 Å². The second-order valence-corrected chi connectivity index (χ2v) is 15.5. The Labute approximate surface area is 190 Å². The first-order valence-electron chi connectivity index (χ1n) is 10.0. The van der Waals surface area contributed by atoms with Crippen LogP contribution in [0.15, 0.2) is 60.7 Å². The summed E-state index contributed by atoms with van der Waals surface area (Å²) in [5.41, 5.74) is 0. The van der Waals surface area contributed by atoms with Gasteiger partial charge >= 0.3 is 191 Å². The Kier molecular flexibility index (Phi) is 11.5. The van der Waals surface area contributed by atoms with Gasteiger partial charge in [0.1, 0.15) is 0 Å². The summed E-state index contributed by atoms with van der Waals surface area (Å²) in [7, 11) is 4.27. The van der Waals surface area contributed by atoms with Gasteiger partial charge in [-0.2, -0.15) is 0 Å². The molecule has 0 amide bonds. The zero-order chi connectivity index (χ0) is 19.3. The molecule has 0 spiro atoms. The van der Waals surface area contributed by atoms with Crippen LogP contribution in [0.3, 0.4) is 0 Å². The van der Waals surface area contributed by atoms with Gasteiger partial charge in [0, 0.05) is 0 Å². The molecule has 2 aromatic carbocycles. The van der Waals surface area contributed by atoms with Crippen LogP contribution in [0.4, 0.5) is 0 Å². The summed E-state index contributed by atoms with van der Waals surface area (Å²) < 4.78 is 3.02. The zero-order valence-electron chi connectivity index (χ0n) is 16.4. The Bertz CT molecular complexity index is 580. The molecule has 0 aromatic heterocycles. The van der Waals surface area contributed by atoms with Gasteiger partial charge in [0.05, 0.1) is 0 Å². The molecule has 0 atom stereocenters. The molecule has 2 aromatic rings. The van der Waals surface area contributed by atoms with Crippen LogP contribution in [-0.2, 0) is 0 Å². The minimum atomic E-state index is 0.569. The Balaban J connectivity index is 1.23. The van der Waals surface area contributed by atoms with Gasteiger partial charge in [-0.25, -0.2) is 0 Å². The van der Waals surface area contributed by atoms with E-state index in [9.17, 15) is 0 Å². The summed E-state index contributed by atoms with van der Waals surface area (Å²) in [5, 5.41) is 0. The van der Waals surface area contributed by atoms with Crippen molar-refractivity contribution in [1.82, 2.24) is 9.80 Å². The van der Waals surface area contributed by atoms with E-state index < -0.39 is 0 Å². The first-order chi connectivity index (χ1) is 13.9. The molecule has 1 heterocycles. The summed E-state index contributed by atoms with van der Waals surface area (Å²) in [6.07, 6.45) is 2.64. The molecule has 28 heavy (non-hydrogen) atoms. The summed E-state index contributed by atoms with van der Waals surface area (Å²) in [6, 6.07) is 21.9. The third-order valence-electron chi connectivity index (χ3n) is 4.68. The average molecular weight is 545 g/mol. The van der Waals surface area contributed by atoms with Crippen LogP contribution < -0.4 is 8.92 Å². The van der Waals surface area contributed by atoms with Gasteiger partial charge in [-0.15, -0.1) is 0 Å². The van der Waals surface area contributed by atoms with Crippen molar-refractivity contribution >= 4 is 57.0 Å². The standard InChI is InChI=1S/C22H30N2S2Se2/c1-3-9-21(10-4-1)27-25-19-17-23-13-7-15-24(16-8-14-23)18-20-26-28-22-11-5-2-6-12-22/h1-6,9-12H,7-8,13-20H2. The number of hydrogen-bond acceptors (Lipinski definition) is 4. The summed E-state index contributed by atoms with van der Waals surface area (Å²) in [5.74, 6) is 2.55. The molecule has 0 radical (unpaired) electrons. The van der Waals surface area contributed by atoms with E-state index in [1.807, 2.05) is 0 Å². The van der Waals surface area contributed by atoms with Gasteiger partial charge in [-0.05, 0) is 0 Å². The molecule has 3 rings (SSSR count). The van der Waals surface area contributed by atoms with Crippen molar-refractivity contribution in [3.05, 3.63) is 60.7 Å². The normalized spacial score (nSPS) is 16.6. The molecule has 6 heteroatoms. The fourth-order valence-electron chi connectivity index (χ4n) is 3.21. The maximum absolute atomic E-state index is 2.69. The van der Waals surface area contributed by atoms with E-state index in [1.165, 1.54) is 72.5 Å². The summed E-state index contributed by atoms with van der Waals surface area (Å²) in [4.78, 5) is 5.39. The molecule has 0 aliphatic carbocycles.